The highest BCUT2D eigenvalue weighted by Crippen LogP contribution is 2.43. The smallest absolute Gasteiger partial charge is 0.337 e. The number of nitrogens with zero attached hydrogens (tertiary/aromatic N) is 1. The van der Waals surface area contributed by atoms with Gasteiger partial charge in [0.1, 0.15) is 11.5 Å². The van der Waals surface area contributed by atoms with Crippen LogP contribution >= 0.6 is 15.9 Å². The Bertz CT molecular complexity index is 1760. The van der Waals surface area contributed by atoms with Gasteiger partial charge in [0.15, 0.2) is 0 Å². The predicted molar refractivity (Wildman–Crippen MR) is 164 cm³/mol. The molecule has 0 saturated heterocycles. The second-order valence-corrected chi connectivity index (χ2v) is 10.1. The molecule has 0 fully saturated rings. The number of fused-ring (bicyclic) bond motifs is 1. The number of benzene rings is 4. The summed E-state index contributed by atoms with van der Waals surface area (Å²) in [4.78, 5) is 31.6. The lowest BCUT2D eigenvalue weighted by Crippen LogP contribution is -2.16. The van der Waals surface area contributed by atoms with Gasteiger partial charge in [-0.15, -0.1) is 0 Å². The summed E-state index contributed by atoms with van der Waals surface area (Å²) >= 11 is 3.54. The van der Waals surface area contributed by atoms with Crippen LogP contribution in [-0.4, -0.2) is 38.2 Å². The van der Waals surface area contributed by atoms with Crippen molar-refractivity contribution in [1.82, 2.24) is 4.98 Å². The van der Waals surface area contributed by atoms with Crippen LogP contribution in [-0.2, 0) is 4.74 Å². The van der Waals surface area contributed by atoms with Crippen LogP contribution in [0.5, 0.6) is 11.5 Å². The third kappa shape index (κ3) is 5.38. The van der Waals surface area contributed by atoms with E-state index in [9.17, 15) is 9.59 Å². The molecule has 0 spiro atoms. The zero-order chi connectivity index (χ0) is 29.1. The van der Waals surface area contributed by atoms with Crippen LogP contribution in [0.2, 0.25) is 0 Å². The van der Waals surface area contributed by atoms with Crippen molar-refractivity contribution in [3.8, 4) is 33.9 Å². The lowest BCUT2D eigenvalue weighted by Gasteiger charge is -2.19. The zero-order valence-corrected chi connectivity index (χ0v) is 24.5. The van der Waals surface area contributed by atoms with Gasteiger partial charge in [0, 0.05) is 26.7 Å². The van der Waals surface area contributed by atoms with Crippen molar-refractivity contribution in [1.29, 1.82) is 0 Å². The van der Waals surface area contributed by atoms with Crippen molar-refractivity contribution < 1.29 is 23.8 Å². The molecule has 1 aromatic heterocycles. The van der Waals surface area contributed by atoms with Gasteiger partial charge < -0.3 is 19.5 Å². The molecule has 8 heteroatoms. The molecule has 0 atom stereocenters. The molecule has 1 heterocycles. The van der Waals surface area contributed by atoms with Crippen LogP contribution in [0, 0.1) is 6.92 Å². The quantitative estimate of drug-likeness (QED) is 0.190. The van der Waals surface area contributed by atoms with Crippen LogP contribution < -0.4 is 14.8 Å². The number of aromatic nitrogens is 1. The number of anilines is 1. The number of hydrogen-bond donors (Lipinski definition) is 1. The van der Waals surface area contributed by atoms with E-state index < -0.39 is 5.97 Å². The molecule has 0 radical (unpaired) electrons. The number of methoxy groups -OCH3 is 3. The molecule has 0 bridgehead atoms. The summed E-state index contributed by atoms with van der Waals surface area (Å²) in [5.74, 6) is 0.197. The molecule has 41 heavy (non-hydrogen) atoms. The summed E-state index contributed by atoms with van der Waals surface area (Å²) in [5, 5.41) is 3.80. The fourth-order valence-electron chi connectivity index (χ4n) is 4.91. The van der Waals surface area contributed by atoms with E-state index in [2.05, 4.69) is 21.2 Å². The molecule has 7 nitrogen and oxygen atoms in total. The molecule has 1 N–H and O–H groups in total. The number of amides is 1. The first-order valence-electron chi connectivity index (χ1n) is 12.8. The topological polar surface area (TPSA) is 86.8 Å². The molecule has 5 rings (SSSR count). The third-order valence-corrected chi connectivity index (χ3v) is 7.34. The Kier molecular flexibility index (Phi) is 8.03. The summed E-state index contributed by atoms with van der Waals surface area (Å²) in [7, 11) is 4.42. The Morgan fingerprint density at radius 2 is 1.54 bits per heavy atom. The first-order valence-corrected chi connectivity index (χ1v) is 13.6. The molecule has 4 aromatic carbocycles. The summed E-state index contributed by atoms with van der Waals surface area (Å²) < 4.78 is 17.1. The van der Waals surface area contributed by atoms with Crippen LogP contribution in [0.1, 0.15) is 26.3 Å². The average molecular weight is 611 g/mol. The van der Waals surface area contributed by atoms with Crippen molar-refractivity contribution in [2.75, 3.05) is 26.6 Å². The molecule has 0 aliphatic carbocycles. The van der Waals surface area contributed by atoms with Crippen LogP contribution in [0.25, 0.3) is 33.3 Å². The Labute approximate surface area is 246 Å². The van der Waals surface area contributed by atoms with Crippen molar-refractivity contribution >= 4 is 44.4 Å². The summed E-state index contributed by atoms with van der Waals surface area (Å²) in [6, 6.07) is 25.8. The number of carbonyl (C=O) groups excluding carboxylic acids is 2. The Balaban J connectivity index is 1.71. The van der Waals surface area contributed by atoms with E-state index in [1.165, 1.54) is 7.11 Å². The molecule has 0 aliphatic rings. The van der Waals surface area contributed by atoms with E-state index in [1.807, 2.05) is 55.5 Å². The standard InChI is InChI=1S/C33H27BrN2O5/c1-19-29(24-18-22(34)14-16-25(24)35-31(19)20-9-6-5-7-10-20)32(37)36-26-15-13-21(33(38)41-4)17-23(26)30-27(39-2)11-8-12-28(30)40-3/h5-18H,1-4H3,(H,36,37). The monoisotopic (exact) mass is 610 g/mol. The van der Waals surface area contributed by atoms with E-state index in [4.69, 9.17) is 19.2 Å². The Morgan fingerprint density at radius 1 is 0.829 bits per heavy atom. The zero-order valence-electron chi connectivity index (χ0n) is 22.9. The fourth-order valence-corrected chi connectivity index (χ4v) is 5.27. The van der Waals surface area contributed by atoms with Gasteiger partial charge in [0.05, 0.1) is 49.2 Å². The van der Waals surface area contributed by atoms with Crippen LogP contribution in [0.3, 0.4) is 0 Å². The molecule has 5 aromatic rings. The number of hydrogen-bond acceptors (Lipinski definition) is 6. The lowest BCUT2D eigenvalue weighted by molar-refractivity contribution is 0.0600. The maximum atomic E-state index is 14.2. The second kappa shape index (κ2) is 11.8. The molecule has 1 amide bonds. The van der Waals surface area contributed by atoms with E-state index in [-0.39, 0.29) is 5.91 Å². The van der Waals surface area contributed by atoms with Gasteiger partial charge in [-0.05, 0) is 61.0 Å². The maximum Gasteiger partial charge on any atom is 0.337 e. The van der Waals surface area contributed by atoms with E-state index >= 15 is 0 Å². The molecule has 0 unspecified atom stereocenters. The normalized spacial score (nSPS) is 10.8. The molecule has 0 aliphatic heterocycles. The van der Waals surface area contributed by atoms with Gasteiger partial charge in [-0.2, -0.15) is 0 Å². The molecular formula is C33H27BrN2O5. The molecule has 0 saturated carbocycles. The van der Waals surface area contributed by atoms with E-state index in [1.54, 1.807) is 50.6 Å². The highest BCUT2D eigenvalue weighted by molar-refractivity contribution is 9.10. The van der Waals surface area contributed by atoms with Gasteiger partial charge in [-0.3, -0.25) is 4.79 Å². The van der Waals surface area contributed by atoms with Crippen molar-refractivity contribution in [3.63, 3.8) is 0 Å². The largest absolute Gasteiger partial charge is 0.496 e. The Morgan fingerprint density at radius 3 is 2.20 bits per heavy atom. The number of rotatable bonds is 7. The number of pyridine rings is 1. The first kappa shape index (κ1) is 27.9. The average Bonchev–Trinajstić information content (AvgIpc) is 3.00. The van der Waals surface area contributed by atoms with Crippen molar-refractivity contribution in [3.05, 3.63) is 106 Å². The van der Waals surface area contributed by atoms with Gasteiger partial charge in [-0.25, -0.2) is 9.78 Å². The number of carbonyl (C=O) groups is 2. The highest BCUT2D eigenvalue weighted by atomic mass is 79.9. The minimum atomic E-state index is -0.508. The predicted octanol–water partition coefficient (Wildman–Crippen LogP) is 7.70. The number of ether oxygens (including phenoxy) is 3. The lowest BCUT2D eigenvalue weighted by atomic mass is 9.96. The van der Waals surface area contributed by atoms with E-state index in [0.717, 1.165) is 21.3 Å². The minimum absolute atomic E-state index is 0.314. The summed E-state index contributed by atoms with van der Waals surface area (Å²) in [6.07, 6.45) is 0. The van der Waals surface area contributed by atoms with Gasteiger partial charge >= 0.3 is 5.97 Å². The van der Waals surface area contributed by atoms with E-state index in [0.29, 0.717) is 50.3 Å². The summed E-state index contributed by atoms with van der Waals surface area (Å²) in [6.45, 7) is 1.90. The summed E-state index contributed by atoms with van der Waals surface area (Å²) in [5.41, 5.74) is 5.45. The number of nitrogens with one attached hydrogen (secondary N) is 1. The highest BCUT2D eigenvalue weighted by Gasteiger charge is 2.23. The minimum Gasteiger partial charge on any atom is -0.496 e. The van der Waals surface area contributed by atoms with Crippen molar-refractivity contribution in [2.24, 2.45) is 0 Å². The fraction of sp³-hybridized carbons (Fsp3) is 0.121. The number of esters is 1. The van der Waals surface area contributed by atoms with Gasteiger partial charge in [0.2, 0.25) is 0 Å². The van der Waals surface area contributed by atoms with Crippen LogP contribution in [0.4, 0.5) is 5.69 Å². The second-order valence-electron chi connectivity index (χ2n) is 9.23. The van der Waals surface area contributed by atoms with Gasteiger partial charge in [0.25, 0.3) is 5.91 Å². The molecule has 206 valence electrons. The Hall–Kier alpha value is -4.69. The first-order chi connectivity index (χ1) is 19.9. The SMILES string of the molecule is COC(=O)c1ccc(NC(=O)c2c(C)c(-c3ccccc3)nc3ccc(Br)cc23)c(-c2c(OC)cccc2OC)c1. The maximum absolute atomic E-state index is 14.2. The molecular weight excluding hydrogens is 584 g/mol. The van der Waals surface area contributed by atoms with Gasteiger partial charge in [-0.1, -0.05) is 52.3 Å². The third-order valence-electron chi connectivity index (χ3n) is 6.85. The van der Waals surface area contributed by atoms with Crippen molar-refractivity contribution in [2.45, 2.75) is 6.92 Å². The van der Waals surface area contributed by atoms with Crippen LogP contribution in [0.15, 0.2) is 89.4 Å². The number of halogens is 1.